The van der Waals surface area contributed by atoms with Crippen molar-refractivity contribution in [2.45, 2.75) is 18.3 Å². The van der Waals surface area contributed by atoms with E-state index < -0.39 is 16.7 Å². The SMILES string of the molecule is NC(=O)Cn1c(CO)cnc1SCC(=O)Nc1cccc([N+](=O)[O-])c1. The Morgan fingerprint density at radius 3 is 2.84 bits per heavy atom. The highest BCUT2D eigenvalue weighted by atomic mass is 32.2. The normalized spacial score (nSPS) is 10.4. The van der Waals surface area contributed by atoms with Crippen LogP contribution in [-0.4, -0.2) is 37.1 Å². The van der Waals surface area contributed by atoms with Gasteiger partial charge in [-0.3, -0.25) is 19.7 Å². The molecule has 0 aliphatic rings. The number of aliphatic hydroxyl groups is 1. The number of primary amides is 1. The topological polar surface area (TPSA) is 153 Å². The minimum absolute atomic E-state index is 0.0384. The summed E-state index contributed by atoms with van der Waals surface area (Å²) in [6.45, 7) is -0.481. The van der Waals surface area contributed by atoms with Gasteiger partial charge in [-0.15, -0.1) is 0 Å². The number of rotatable bonds is 8. The third-order valence-corrected chi connectivity index (χ3v) is 4.04. The number of hydrogen-bond donors (Lipinski definition) is 3. The van der Waals surface area contributed by atoms with Gasteiger partial charge in [-0.2, -0.15) is 0 Å². The first-order valence-electron chi connectivity index (χ1n) is 7.01. The van der Waals surface area contributed by atoms with Gasteiger partial charge >= 0.3 is 0 Å². The molecule has 0 saturated heterocycles. The lowest BCUT2D eigenvalue weighted by atomic mass is 10.3. The average Bonchev–Trinajstić information content (AvgIpc) is 2.94. The molecule has 0 atom stereocenters. The Morgan fingerprint density at radius 2 is 2.20 bits per heavy atom. The minimum atomic E-state index is -0.601. The number of nitrogens with zero attached hydrogens (tertiary/aromatic N) is 3. The van der Waals surface area contributed by atoms with Gasteiger partial charge in [0.05, 0.1) is 29.2 Å². The standard InChI is InChI=1S/C14H15N5O5S/c15-12(21)6-18-11(7-20)5-16-14(18)25-8-13(22)17-9-2-1-3-10(4-9)19(23)24/h1-5,20H,6-8H2,(H2,15,21)(H,17,22). The Kier molecular flexibility index (Phi) is 6.08. The number of non-ortho nitro benzene ring substituents is 1. The van der Waals surface area contributed by atoms with Crippen LogP contribution in [0.5, 0.6) is 0 Å². The fraction of sp³-hybridized carbons (Fsp3) is 0.214. The molecule has 0 spiro atoms. The Morgan fingerprint density at radius 1 is 1.44 bits per heavy atom. The lowest BCUT2D eigenvalue weighted by molar-refractivity contribution is -0.384. The number of anilines is 1. The fourth-order valence-corrected chi connectivity index (χ4v) is 2.78. The lowest BCUT2D eigenvalue weighted by Crippen LogP contribution is -2.21. The van der Waals surface area contributed by atoms with Crippen LogP contribution in [0.15, 0.2) is 35.6 Å². The smallest absolute Gasteiger partial charge is 0.271 e. The highest BCUT2D eigenvalue weighted by Crippen LogP contribution is 2.20. The van der Waals surface area contributed by atoms with E-state index in [1.165, 1.54) is 35.0 Å². The molecular weight excluding hydrogens is 350 g/mol. The summed E-state index contributed by atoms with van der Waals surface area (Å²) in [6, 6.07) is 5.57. The van der Waals surface area contributed by atoms with Crippen LogP contribution in [0, 0.1) is 10.1 Å². The first-order chi connectivity index (χ1) is 11.9. The third kappa shape index (κ3) is 5.02. The molecule has 0 fully saturated rings. The van der Waals surface area contributed by atoms with E-state index in [-0.39, 0.29) is 24.6 Å². The molecule has 1 heterocycles. The number of aliphatic hydroxyl groups excluding tert-OH is 1. The van der Waals surface area contributed by atoms with Crippen molar-refractivity contribution in [1.29, 1.82) is 0 Å². The Hall–Kier alpha value is -2.92. The van der Waals surface area contributed by atoms with E-state index in [1.807, 2.05) is 0 Å². The highest BCUT2D eigenvalue weighted by Gasteiger charge is 2.14. The zero-order valence-corrected chi connectivity index (χ0v) is 13.7. The molecule has 132 valence electrons. The number of nitro benzene ring substituents is 1. The fourth-order valence-electron chi connectivity index (χ4n) is 1.98. The maximum Gasteiger partial charge on any atom is 0.271 e. The molecule has 2 aromatic rings. The van der Waals surface area contributed by atoms with Gasteiger partial charge in [0.15, 0.2) is 5.16 Å². The van der Waals surface area contributed by atoms with Crippen LogP contribution in [0.25, 0.3) is 0 Å². The number of nitrogens with one attached hydrogen (secondary N) is 1. The summed E-state index contributed by atoms with van der Waals surface area (Å²) in [5, 5.41) is 22.9. The number of hydrogen-bond acceptors (Lipinski definition) is 7. The van der Waals surface area contributed by atoms with Crippen molar-refractivity contribution in [1.82, 2.24) is 9.55 Å². The van der Waals surface area contributed by atoms with Gasteiger partial charge in [0.1, 0.15) is 6.54 Å². The molecule has 10 nitrogen and oxygen atoms in total. The molecule has 1 aromatic carbocycles. The van der Waals surface area contributed by atoms with Gasteiger partial charge < -0.3 is 20.7 Å². The molecule has 11 heteroatoms. The van der Waals surface area contributed by atoms with E-state index in [2.05, 4.69) is 10.3 Å². The summed E-state index contributed by atoms with van der Waals surface area (Å²) in [6.07, 6.45) is 1.39. The number of thioether (sulfide) groups is 1. The van der Waals surface area contributed by atoms with Crippen LogP contribution in [0.1, 0.15) is 5.69 Å². The van der Waals surface area contributed by atoms with Gasteiger partial charge in [-0.25, -0.2) is 4.98 Å². The van der Waals surface area contributed by atoms with Crippen LogP contribution in [0.3, 0.4) is 0 Å². The van der Waals surface area contributed by atoms with E-state index in [0.29, 0.717) is 16.5 Å². The van der Waals surface area contributed by atoms with Gasteiger partial charge in [0, 0.05) is 17.8 Å². The third-order valence-electron chi connectivity index (χ3n) is 3.05. The van der Waals surface area contributed by atoms with Crippen LogP contribution in [-0.2, 0) is 22.7 Å². The number of carbonyl (C=O) groups is 2. The largest absolute Gasteiger partial charge is 0.390 e. The van der Waals surface area contributed by atoms with E-state index in [1.54, 1.807) is 0 Å². The van der Waals surface area contributed by atoms with E-state index in [4.69, 9.17) is 5.73 Å². The molecule has 0 bridgehead atoms. The lowest BCUT2D eigenvalue weighted by Gasteiger charge is -2.08. The number of amides is 2. The molecule has 4 N–H and O–H groups in total. The summed E-state index contributed by atoms with van der Waals surface area (Å²) in [7, 11) is 0. The molecule has 25 heavy (non-hydrogen) atoms. The van der Waals surface area contributed by atoms with Crippen LogP contribution in [0.2, 0.25) is 0 Å². The second-order valence-electron chi connectivity index (χ2n) is 4.89. The minimum Gasteiger partial charge on any atom is -0.390 e. The molecule has 2 rings (SSSR count). The molecule has 0 aliphatic heterocycles. The highest BCUT2D eigenvalue weighted by molar-refractivity contribution is 7.99. The van der Waals surface area contributed by atoms with Gasteiger partial charge in [0.2, 0.25) is 11.8 Å². The summed E-state index contributed by atoms with van der Waals surface area (Å²) in [5.74, 6) is -1.04. The second kappa shape index (κ2) is 8.26. The predicted octanol–water partition coefficient (Wildman–Crippen LogP) is 0.500. The van der Waals surface area contributed by atoms with E-state index >= 15 is 0 Å². The molecule has 0 saturated carbocycles. The number of imidazole rings is 1. The Labute approximate surface area is 146 Å². The predicted molar refractivity (Wildman–Crippen MR) is 89.8 cm³/mol. The van der Waals surface area contributed by atoms with Crippen molar-refractivity contribution in [3.8, 4) is 0 Å². The Bertz CT molecular complexity index is 807. The molecular formula is C14H15N5O5S. The average molecular weight is 365 g/mol. The van der Waals surface area contributed by atoms with Crippen molar-refractivity contribution in [3.63, 3.8) is 0 Å². The number of aromatic nitrogens is 2. The molecule has 1 aromatic heterocycles. The molecule has 0 aliphatic carbocycles. The zero-order chi connectivity index (χ0) is 18.4. The van der Waals surface area contributed by atoms with Crippen molar-refractivity contribution >= 4 is 35.0 Å². The summed E-state index contributed by atoms with van der Waals surface area (Å²) < 4.78 is 1.42. The first-order valence-corrected chi connectivity index (χ1v) is 8.00. The van der Waals surface area contributed by atoms with Crippen LogP contribution >= 0.6 is 11.8 Å². The van der Waals surface area contributed by atoms with Crippen LogP contribution < -0.4 is 11.1 Å². The van der Waals surface area contributed by atoms with Crippen LogP contribution in [0.4, 0.5) is 11.4 Å². The Balaban J connectivity index is 2.00. The quantitative estimate of drug-likeness (QED) is 0.350. The molecule has 2 amide bonds. The number of nitro groups is 1. The molecule has 0 radical (unpaired) electrons. The van der Waals surface area contributed by atoms with Crippen molar-refractivity contribution in [2.24, 2.45) is 5.73 Å². The summed E-state index contributed by atoms with van der Waals surface area (Å²) in [4.78, 5) is 37.3. The maximum atomic E-state index is 12.0. The van der Waals surface area contributed by atoms with Gasteiger partial charge in [0.25, 0.3) is 5.69 Å². The second-order valence-corrected chi connectivity index (χ2v) is 5.83. The van der Waals surface area contributed by atoms with Gasteiger partial charge in [-0.05, 0) is 6.07 Å². The number of nitrogens with two attached hydrogens (primary N) is 1. The summed E-state index contributed by atoms with van der Waals surface area (Å²) >= 11 is 1.05. The first kappa shape index (κ1) is 18.4. The van der Waals surface area contributed by atoms with E-state index in [0.717, 1.165) is 11.8 Å². The van der Waals surface area contributed by atoms with E-state index in [9.17, 15) is 24.8 Å². The zero-order valence-electron chi connectivity index (χ0n) is 12.9. The van der Waals surface area contributed by atoms with Crippen molar-refractivity contribution < 1.29 is 19.6 Å². The molecule has 0 unspecified atom stereocenters. The summed E-state index contributed by atoms with van der Waals surface area (Å²) in [5.41, 5.74) is 5.74. The maximum absolute atomic E-state index is 12.0. The van der Waals surface area contributed by atoms with Crippen molar-refractivity contribution in [2.75, 3.05) is 11.1 Å². The number of carbonyl (C=O) groups excluding carboxylic acids is 2. The number of benzene rings is 1. The monoisotopic (exact) mass is 365 g/mol. The van der Waals surface area contributed by atoms with Crippen molar-refractivity contribution in [3.05, 3.63) is 46.3 Å². The van der Waals surface area contributed by atoms with Gasteiger partial charge in [-0.1, -0.05) is 17.8 Å².